The largest absolute Gasteiger partial charge is 0.452 e. The van der Waals surface area contributed by atoms with Gasteiger partial charge in [-0.1, -0.05) is 0 Å². The summed E-state index contributed by atoms with van der Waals surface area (Å²) in [6.45, 7) is 1.75. The second kappa shape index (κ2) is 1.88. The van der Waals surface area contributed by atoms with Crippen LogP contribution in [-0.4, -0.2) is 29.7 Å². The standard InChI is InChI=1S/C5H7NO2S/c7-5-8-3-1-6-2-4(3)9-5/h3-4,6H,1-2H2. The molecule has 2 aliphatic rings. The highest BCUT2D eigenvalue weighted by Crippen LogP contribution is 2.30. The van der Waals surface area contributed by atoms with E-state index in [2.05, 4.69) is 5.32 Å². The Morgan fingerprint density at radius 3 is 3.33 bits per heavy atom. The van der Waals surface area contributed by atoms with Gasteiger partial charge in [-0.05, 0) is 11.8 Å². The average molecular weight is 145 g/mol. The van der Waals surface area contributed by atoms with Crippen molar-refractivity contribution in [3.05, 3.63) is 0 Å². The lowest BCUT2D eigenvalue weighted by Crippen LogP contribution is -2.17. The molecule has 0 radical (unpaired) electrons. The van der Waals surface area contributed by atoms with Gasteiger partial charge in [0.15, 0.2) is 0 Å². The third-order valence-corrected chi connectivity index (χ3v) is 2.66. The van der Waals surface area contributed by atoms with Gasteiger partial charge in [0.25, 0.3) is 0 Å². The van der Waals surface area contributed by atoms with E-state index in [0.717, 1.165) is 13.1 Å². The maximum absolute atomic E-state index is 10.6. The van der Waals surface area contributed by atoms with E-state index in [-0.39, 0.29) is 11.4 Å². The second-order valence-corrected chi connectivity index (χ2v) is 3.40. The van der Waals surface area contributed by atoms with Crippen molar-refractivity contribution in [2.75, 3.05) is 13.1 Å². The highest BCUT2D eigenvalue weighted by molar-refractivity contribution is 8.14. The number of fused-ring (bicyclic) bond motifs is 1. The Hall–Kier alpha value is -0.220. The molecule has 0 amide bonds. The molecule has 0 aromatic rings. The van der Waals surface area contributed by atoms with E-state index < -0.39 is 0 Å². The van der Waals surface area contributed by atoms with Gasteiger partial charge in [-0.25, -0.2) is 4.79 Å². The summed E-state index contributed by atoms with van der Waals surface area (Å²) in [5, 5.41) is 3.43. The van der Waals surface area contributed by atoms with Gasteiger partial charge >= 0.3 is 5.30 Å². The minimum Gasteiger partial charge on any atom is -0.452 e. The van der Waals surface area contributed by atoms with Crippen LogP contribution >= 0.6 is 11.8 Å². The topological polar surface area (TPSA) is 38.3 Å². The maximum Gasteiger partial charge on any atom is 0.368 e. The predicted molar refractivity (Wildman–Crippen MR) is 34.5 cm³/mol. The molecule has 2 rings (SSSR count). The van der Waals surface area contributed by atoms with Crippen LogP contribution in [0, 0.1) is 0 Å². The summed E-state index contributed by atoms with van der Waals surface area (Å²) >= 11 is 1.31. The van der Waals surface area contributed by atoms with Crippen molar-refractivity contribution in [3.63, 3.8) is 0 Å². The molecule has 0 aromatic heterocycles. The van der Waals surface area contributed by atoms with Crippen molar-refractivity contribution in [1.82, 2.24) is 5.32 Å². The van der Waals surface area contributed by atoms with Crippen LogP contribution in [0.5, 0.6) is 0 Å². The van der Waals surface area contributed by atoms with E-state index in [4.69, 9.17) is 4.74 Å². The summed E-state index contributed by atoms with van der Waals surface area (Å²) in [5.41, 5.74) is 0. The fourth-order valence-electron chi connectivity index (χ4n) is 1.14. The van der Waals surface area contributed by atoms with Gasteiger partial charge in [-0.2, -0.15) is 0 Å². The van der Waals surface area contributed by atoms with E-state index in [9.17, 15) is 4.79 Å². The molecule has 2 unspecified atom stereocenters. The summed E-state index contributed by atoms with van der Waals surface area (Å²) < 4.78 is 4.95. The van der Waals surface area contributed by atoms with Crippen molar-refractivity contribution in [1.29, 1.82) is 0 Å². The molecule has 2 atom stereocenters. The minimum absolute atomic E-state index is 0.105. The first kappa shape index (κ1) is 5.56. The lowest BCUT2D eigenvalue weighted by Gasteiger charge is -2.00. The summed E-state index contributed by atoms with van der Waals surface area (Å²) in [7, 11) is 0. The fraction of sp³-hybridized carbons (Fsp3) is 0.800. The Balaban J connectivity index is 2.09. The Morgan fingerprint density at radius 2 is 2.56 bits per heavy atom. The van der Waals surface area contributed by atoms with Crippen molar-refractivity contribution >= 4 is 17.1 Å². The zero-order chi connectivity index (χ0) is 6.27. The molecule has 9 heavy (non-hydrogen) atoms. The number of ether oxygens (including phenoxy) is 1. The molecule has 4 heteroatoms. The van der Waals surface area contributed by atoms with Crippen LogP contribution in [0.4, 0.5) is 4.79 Å². The summed E-state index contributed by atoms with van der Waals surface area (Å²) in [5.74, 6) is 0. The molecule has 1 N–H and O–H groups in total. The molecule has 0 saturated carbocycles. The van der Waals surface area contributed by atoms with Gasteiger partial charge in [0.1, 0.15) is 6.10 Å². The van der Waals surface area contributed by atoms with E-state index in [1.54, 1.807) is 0 Å². The van der Waals surface area contributed by atoms with Gasteiger partial charge in [0.2, 0.25) is 0 Å². The van der Waals surface area contributed by atoms with E-state index in [0.29, 0.717) is 5.25 Å². The second-order valence-electron chi connectivity index (χ2n) is 2.22. The molecule has 0 aromatic carbocycles. The minimum atomic E-state index is -0.105. The number of hydrogen-bond donors (Lipinski definition) is 1. The van der Waals surface area contributed by atoms with Gasteiger partial charge in [0.05, 0.1) is 5.25 Å². The third-order valence-electron chi connectivity index (χ3n) is 1.60. The smallest absolute Gasteiger partial charge is 0.368 e. The van der Waals surface area contributed by atoms with Crippen LogP contribution in [-0.2, 0) is 4.74 Å². The normalized spacial score (nSPS) is 40.7. The number of hydrogen-bond acceptors (Lipinski definition) is 4. The number of thioether (sulfide) groups is 1. The maximum atomic E-state index is 10.6. The zero-order valence-corrected chi connectivity index (χ0v) is 5.61. The number of carbonyl (C=O) groups is 1. The number of nitrogens with one attached hydrogen (secondary N) is 1. The lowest BCUT2D eigenvalue weighted by atomic mass is 10.3. The van der Waals surface area contributed by atoms with E-state index in [1.165, 1.54) is 11.8 Å². The first-order chi connectivity index (χ1) is 4.36. The average Bonchev–Trinajstić information content (AvgIpc) is 2.22. The summed E-state index contributed by atoms with van der Waals surface area (Å²) in [6, 6.07) is 0. The first-order valence-electron chi connectivity index (χ1n) is 2.94. The van der Waals surface area contributed by atoms with Crippen LogP contribution in [0.25, 0.3) is 0 Å². The van der Waals surface area contributed by atoms with Crippen molar-refractivity contribution in [2.45, 2.75) is 11.4 Å². The van der Waals surface area contributed by atoms with Crippen LogP contribution < -0.4 is 5.32 Å². The lowest BCUT2D eigenvalue weighted by molar-refractivity contribution is 0.145. The molecular weight excluding hydrogens is 138 g/mol. The molecule has 2 aliphatic heterocycles. The quantitative estimate of drug-likeness (QED) is 0.494. The van der Waals surface area contributed by atoms with Crippen molar-refractivity contribution in [2.24, 2.45) is 0 Å². The van der Waals surface area contributed by atoms with Crippen LogP contribution in [0.15, 0.2) is 0 Å². The van der Waals surface area contributed by atoms with Gasteiger partial charge < -0.3 is 10.1 Å². The molecule has 0 aliphatic carbocycles. The highest BCUT2D eigenvalue weighted by Gasteiger charge is 2.38. The summed E-state index contributed by atoms with van der Waals surface area (Å²) in [6.07, 6.45) is 0.155. The Labute approximate surface area is 57.1 Å². The third kappa shape index (κ3) is 0.822. The SMILES string of the molecule is O=C1OC2CNCC2S1. The monoisotopic (exact) mass is 145 g/mol. The fourth-order valence-corrected chi connectivity index (χ4v) is 2.07. The molecular formula is C5H7NO2S. The highest BCUT2D eigenvalue weighted by atomic mass is 32.2. The molecule has 0 bridgehead atoms. The number of rotatable bonds is 0. The van der Waals surface area contributed by atoms with Crippen LogP contribution in [0.2, 0.25) is 0 Å². The first-order valence-corrected chi connectivity index (χ1v) is 3.82. The van der Waals surface area contributed by atoms with Crippen molar-refractivity contribution < 1.29 is 9.53 Å². The predicted octanol–water partition coefficient (Wildman–Crippen LogP) is 0.210. The Kier molecular flexibility index (Phi) is 1.16. The Bertz CT molecular complexity index is 136. The summed E-state index contributed by atoms with van der Waals surface area (Å²) in [4.78, 5) is 10.6. The Morgan fingerprint density at radius 1 is 1.67 bits per heavy atom. The van der Waals surface area contributed by atoms with Crippen LogP contribution in [0.1, 0.15) is 0 Å². The van der Waals surface area contributed by atoms with E-state index in [1.807, 2.05) is 0 Å². The number of carbonyl (C=O) groups excluding carboxylic acids is 1. The molecule has 2 saturated heterocycles. The molecule has 2 fully saturated rings. The molecule has 50 valence electrons. The van der Waals surface area contributed by atoms with Gasteiger partial charge in [-0.15, -0.1) is 0 Å². The van der Waals surface area contributed by atoms with E-state index >= 15 is 0 Å². The molecule has 3 nitrogen and oxygen atoms in total. The zero-order valence-electron chi connectivity index (χ0n) is 4.79. The molecule has 0 spiro atoms. The van der Waals surface area contributed by atoms with Gasteiger partial charge in [-0.3, -0.25) is 0 Å². The molecule has 2 heterocycles. The van der Waals surface area contributed by atoms with Gasteiger partial charge in [0, 0.05) is 13.1 Å². The van der Waals surface area contributed by atoms with Crippen LogP contribution in [0.3, 0.4) is 0 Å². The van der Waals surface area contributed by atoms with Crippen molar-refractivity contribution in [3.8, 4) is 0 Å².